The lowest BCUT2D eigenvalue weighted by Crippen LogP contribution is -2.45. The van der Waals surface area contributed by atoms with E-state index < -0.39 is 28.4 Å². The second-order valence-corrected chi connectivity index (χ2v) is 13.9. The Morgan fingerprint density at radius 2 is 0.837 bits per heavy atom. The maximum absolute atomic E-state index is 12.8. The zero-order valence-electron chi connectivity index (χ0n) is 28.3. The van der Waals surface area contributed by atoms with Gasteiger partial charge in [0.2, 0.25) is 0 Å². The number of hydrogen-bond donors (Lipinski definition) is 1. The molecule has 8 heteroatoms. The molecule has 1 atom stereocenters. The van der Waals surface area contributed by atoms with Gasteiger partial charge in [0.1, 0.15) is 5.78 Å². The standard InChI is InChI=1S/C35H68O7S/c1-4-6-8-10-12-14-16-18-20-22-24-26-28-30-33(36)32-35(38,42-43(39,40)41-3)34(37)31-29-27-25-23-21-19-17-15-13-11-9-7-5-2/h38H,4-32H2,1-3H3. The normalized spacial score (nSPS) is 13.3. The van der Waals surface area contributed by atoms with Crippen molar-refractivity contribution in [2.45, 2.75) is 206 Å². The third-order valence-electron chi connectivity index (χ3n) is 8.38. The Hall–Kier alpha value is -0.830. The molecule has 0 aliphatic carbocycles. The number of Topliss-reactive ketones (excluding diaryl/α,β-unsaturated/α-hetero) is 2. The van der Waals surface area contributed by atoms with Crippen molar-refractivity contribution in [1.82, 2.24) is 0 Å². The van der Waals surface area contributed by atoms with Gasteiger partial charge in [-0.1, -0.05) is 168 Å². The van der Waals surface area contributed by atoms with Crippen molar-refractivity contribution in [2.75, 3.05) is 7.11 Å². The van der Waals surface area contributed by atoms with Gasteiger partial charge in [0.05, 0.1) is 13.5 Å². The molecular formula is C35H68O7S. The van der Waals surface area contributed by atoms with E-state index in [1.165, 1.54) is 116 Å². The van der Waals surface area contributed by atoms with Crippen molar-refractivity contribution in [2.24, 2.45) is 0 Å². The number of aliphatic hydroxyl groups is 1. The van der Waals surface area contributed by atoms with Crippen LogP contribution in [0.3, 0.4) is 0 Å². The van der Waals surface area contributed by atoms with Crippen molar-refractivity contribution >= 4 is 22.0 Å². The minimum atomic E-state index is -4.60. The number of carbonyl (C=O) groups excluding carboxylic acids is 2. The maximum Gasteiger partial charge on any atom is 0.402 e. The van der Waals surface area contributed by atoms with E-state index in [2.05, 4.69) is 18.0 Å². The molecule has 0 saturated carbocycles. The van der Waals surface area contributed by atoms with Gasteiger partial charge >= 0.3 is 10.4 Å². The monoisotopic (exact) mass is 632 g/mol. The highest BCUT2D eigenvalue weighted by Gasteiger charge is 2.43. The molecule has 1 unspecified atom stereocenters. The van der Waals surface area contributed by atoms with Gasteiger partial charge in [-0.15, -0.1) is 0 Å². The maximum atomic E-state index is 12.8. The number of hydrogen-bond acceptors (Lipinski definition) is 7. The van der Waals surface area contributed by atoms with Gasteiger partial charge < -0.3 is 5.11 Å². The van der Waals surface area contributed by atoms with Gasteiger partial charge in [0.25, 0.3) is 5.79 Å². The molecule has 0 aliphatic rings. The average Bonchev–Trinajstić information content (AvgIpc) is 2.97. The molecule has 0 heterocycles. The number of ketones is 2. The molecule has 0 bridgehead atoms. The molecule has 0 amide bonds. The van der Waals surface area contributed by atoms with Crippen LogP contribution in [0.15, 0.2) is 0 Å². The minimum absolute atomic E-state index is 0.0421. The highest BCUT2D eigenvalue weighted by Crippen LogP contribution is 2.24. The van der Waals surface area contributed by atoms with Crippen LogP contribution in [0, 0.1) is 0 Å². The lowest BCUT2D eigenvalue weighted by Gasteiger charge is -2.24. The molecule has 0 saturated heterocycles. The lowest BCUT2D eigenvalue weighted by molar-refractivity contribution is -0.178. The van der Waals surface area contributed by atoms with Gasteiger partial charge in [-0.3, -0.25) is 13.8 Å². The van der Waals surface area contributed by atoms with Crippen molar-refractivity contribution in [3.05, 3.63) is 0 Å². The molecule has 0 rings (SSSR count). The smallest absolute Gasteiger partial charge is 0.358 e. The van der Waals surface area contributed by atoms with E-state index in [-0.39, 0.29) is 18.6 Å². The summed E-state index contributed by atoms with van der Waals surface area (Å²) in [5, 5.41) is 10.9. The Kier molecular flexibility index (Phi) is 28.1. The quantitative estimate of drug-likeness (QED) is 0.0555. The van der Waals surface area contributed by atoms with Crippen molar-refractivity contribution in [3.8, 4) is 0 Å². The van der Waals surface area contributed by atoms with Gasteiger partial charge in [-0.25, -0.2) is 4.18 Å². The van der Waals surface area contributed by atoms with Gasteiger partial charge in [0.15, 0.2) is 5.78 Å². The summed E-state index contributed by atoms with van der Waals surface area (Å²) in [6.45, 7) is 4.47. The Bertz CT molecular complexity index is 768. The van der Waals surface area contributed by atoms with Crippen LogP contribution in [0.5, 0.6) is 0 Å². The molecule has 0 aliphatic heterocycles. The summed E-state index contributed by atoms with van der Waals surface area (Å²) in [6, 6.07) is 0. The summed E-state index contributed by atoms with van der Waals surface area (Å²) in [5.74, 6) is -3.87. The molecule has 0 radical (unpaired) electrons. The van der Waals surface area contributed by atoms with E-state index in [9.17, 15) is 23.1 Å². The van der Waals surface area contributed by atoms with Crippen molar-refractivity contribution < 1.29 is 31.5 Å². The van der Waals surface area contributed by atoms with E-state index in [1.807, 2.05) is 0 Å². The molecule has 7 nitrogen and oxygen atoms in total. The van der Waals surface area contributed by atoms with Gasteiger partial charge in [-0.05, 0) is 12.8 Å². The zero-order chi connectivity index (χ0) is 32.1. The van der Waals surface area contributed by atoms with E-state index in [4.69, 9.17) is 4.18 Å². The molecular weight excluding hydrogens is 564 g/mol. The first-order valence-corrected chi connectivity index (χ1v) is 19.3. The molecule has 0 aromatic carbocycles. The SMILES string of the molecule is CCCCCCCCCCCCCCCC(=O)CC(O)(OS(=O)(=O)OC)C(=O)CCCCCCCCCCCCCCC. The summed E-state index contributed by atoms with van der Waals surface area (Å²) >= 11 is 0. The van der Waals surface area contributed by atoms with Crippen LogP contribution in [0.1, 0.15) is 200 Å². The Balaban J connectivity index is 4.20. The molecule has 0 spiro atoms. The third-order valence-corrected chi connectivity index (χ3v) is 9.27. The van der Waals surface area contributed by atoms with Crippen LogP contribution in [0.25, 0.3) is 0 Å². The zero-order valence-corrected chi connectivity index (χ0v) is 29.1. The highest BCUT2D eigenvalue weighted by molar-refractivity contribution is 7.81. The van der Waals surface area contributed by atoms with Gasteiger partial charge in [-0.2, -0.15) is 8.42 Å². The van der Waals surface area contributed by atoms with Crippen LogP contribution in [0.2, 0.25) is 0 Å². The summed E-state index contributed by atoms with van der Waals surface area (Å²) in [7, 11) is -3.71. The fraction of sp³-hybridized carbons (Fsp3) is 0.943. The second-order valence-electron chi connectivity index (χ2n) is 12.6. The Morgan fingerprint density at radius 3 is 1.16 bits per heavy atom. The van der Waals surface area contributed by atoms with E-state index in [1.54, 1.807) is 0 Å². The summed E-state index contributed by atoms with van der Waals surface area (Å²) < 4.78 is 32.8. The molecule has 256 valence electrons. The minimum Gasteiger partial charge on any atom is -0.358 e. The summed E-state index contributed by atoms with van der Waals surface area (Å²) in [6.07, 6.45) is 30.0. The predicted octanol–water partition coefficient (Wildman–Crippen LogP) is 10.1. The molecule has 0 fully saturated rings. The molecule has 0 aromatic rings. The predicted molar refractivity (Wildman–Crippen MR) is 177 cm³/mol. The fourth-order valence-corrected chi connectivity index (χ4v) is 6.13. The van der Waals surface area contributed by atoms with Crippen LogP contribution >= 0.6 is 0 Å². The number of rotatable bonds is 34. The first kappa shape index (κ1) is 42.2. The first-order chi connectivity index (χ1) is 20.7. The Morgan fingerprint density at radius 1 is 0.535 bits per heavy atom. The van der Waals surface area contributed by atoms with E-state index in [0.717, 1.165) is 45.6 Å². The molecule has 43 heavy (non-hydrogen) atoms. The number of unbranched alkanes of at least 4 members (excludes halogenated alkanes) is 24. The van der Waals surface area contributed by atoms with Crippen LogP contribution in [0.4, 0.5) is 0 Å². The Labute approximate surface area is 266 Å². The topological polar surface area (TPSA) is 107 Å². The molecule has 0 aromatic heterocycles. The summed E-state index contributed by atoms with van der Waals surface area (Å²) in [5.41, 5.74) is 0. The second kappa shape index (κ2) is 28.6. The van der Waals surface area contributed by atoms with Gasteiger partial charge in [0, 0.05) is 12.8 Å². The summed E-state index contributed by atoms with van der Waals surface area (Å²) in [4.78, 5) is 25.4. The largest absolute Gasteiger partial charge is 0.402 e. The number of carbonyl (C=O) groups is 2. The average molecular weight is 633 g/mol. The van der Waals surface area contributed by atoms with Crippen LogP contribution < -0.4 is 0 Å². The first-order valence-electron chi connectivity index (χ1n) is 18.0. The highest BCUT2D eigenvalue weighted by atomic mass is 32.3. The lowest BCUT2D eigenvalue weighted by atomic mass is 9.97. The van der Waals surface area contributed by atoms with Crippen LogP contribution in [-0.4, -0.2) is 38.0 Å². The third kappa shape index (κ3) is 26.1. The van der Waals surface area contributed by atoms with E-state index in [0.29, 0.717) is 12.8 Å². The fourth-order valence-electron chi connectivity index (χ4n) is 5.57. The van der Waals surface area contributed by atoms with E-state index >= 15 is 0 Å². The van der Waals surface area contributed by atoms with Crippen molar-refractivity contribution in [3.63, 3.8) is 0 Å². The van der Waals surface area contributed by atoms with Crippen LogP contribution in [-0.2, 0) is 28.4 Å². The van der Waals surface area contributed by atoms with Crippen molar-refractivity contribution in [1.29, 1.82) is 0 Å². The molecule has 1 N–H and O–H groups in total.